The van der Waals surface area contributed by atoms with Gasteiger partial charge in [-0.3, -0.25) is 9.48 Å². The van der Waals surface area contributed by atoms with Crippen LogP contribution in [0.4, 0.5) is 0 Å². The normalized spacial score (nSPS) is 11.0. The molecule has 0 radical (unpaired) electrons. The molecule has 0 aliphatic heterocycles. The van der Waals surface area contributed by atoms with Gasteiger partial charge in [-0.1, -0.05) is 29.3 Å². The van der Waals surface area contributed by atoms with Gasteiger partial charge >= 0.3 is 0 Å². The van der Waals surface area contributed by atoms with E-state index in [-0.39, 0.29) is 5.91 Å². The Labute approximate surface area is 147 Å². The van der Waals surface area contributed by atoms with Crippen LogP contribution in [-0.4, -0.2) is 40.8 Å². The number of hydrogen-bond acceptors (Lipinski definition) is 3. The summed E-state index contributed by atoms with van der Waals surface area (Å²) in [6, 6.07) is 7.83. The molecule has 128 valence electrons. The van der Waals surface area contributed by atoms with E-state index in [4.69, 9.17) is 16.3 Å². The zero-order valence-corrected chi connectivity index (χ0v) is 15.2. The van der Waals surface area contributed by atoms with Gasteiger partial charge in [-0.2, -0.15) is 5.10 Å². The number of amides is 1. The second kappa shape index (κ2) is 8.02. The summed E-state index contributed by atoms with van der Waals surface area (Å²) in [4.78, 5) is 13.7. The molecule has 1 aromatic heterocycles. The summed E-state index contributed by atoms with van der Waals surface area (Å²) in [5, 5.41) is 4.73. The standard InChI is InChI=1S/C18H22ClN3O2/c1-13-5-7-15(8-6-13)24-12-11-21(3)17(23)10-9-16-14(2)20-22(4)18(16)19/h5-10H,11-12H2,1-4H3/b10-9+. The van der Waals surface area contributed by atoms with Crippen molar-refractivity contribution in [2.24, 2.45) is 7.05 Å². The van der Waals surface area contributed by atoms with Crippen molar-refractivity contribution in [3.8, 4) is 5.75 Å². The van der Waals surface area contributed by atoms with Crippen LogP contribution >= 0.6 is 11.6 Å². The van der Waals surface area contributed by atoms with Gasteiger partial charge in [-0.05, 0) is 32.1 Å². The Balaban J connectivity index is 1.85. The summed E-state index contributed by atoms with van der Waals surface area (Å²) in [6.07, 6.45) is 3.20. The van der Waals surface area contributed by atoms with E-state index < -0.39 is 0 Å². The Morgan fingerprint density at radius 2 is 2.00 bits per heavy atom. The molecule has 0 saturated carbocycles. The molecular formula is C18H22ClN3O2. The predicted octanol–water partition coefficient (Wildman–Crippen LogP) is 3.24. The van der Waals surface area contributed by atoms with Crippen molar-refractivity contribution < 1.29 is 9.53 Å². The lowest BCUT2D eigenvalue weighted by Crippen LogP contribution is -2.29. The molecule has 24 heavy (non-hydrogen) atoms. The maximum Gasteiger partial charge on any atom is 0.246 e. The number of benzene rings is 1. The Morgan fingerprint density at radius 1 is 1.33 bits per heavy atom. The highest BCUT2D eigenvalue weighted by Gasteiger charge is 2.10. The van der Waals surface area contributed by atoms with Gasteiger partial charge in [0.1, 0.15) is 17.5 Å². The van der Waals surface area contributed by atoms with Gasteiger partial charge in [0.25, 0.3) is 0 Å². The lowest BCUT2D eigenvalue weighted by Gasteiger charge is -2.15. The molecule has 1 amide bonds. The van der Waals surface area contributed by atoms with Crippen molar-refractivity contribution in [3.05, 3.63) is 52.3 Å². The van der Waals surface area contributed by atoms with E-state index in [1.807, 2.05) is 38.1 Å². The third kappa shape index (κ3) is 4.61. The van der Waals surface area contributed by atoms with Crippen LogP contribution in [0.3, 0.4) is 0 Å². The maximum absolute atomic E-state index is 12.1. The van der Waals surface area contributed by atoms with Crippen LogP contribution in [0.25, 0.3) is 6.08 Å². The van der Waals surface area contributed by atoms with Crippen LogP contribution in [-0.2, 0) is 11.8 Å². The molecule has 0 spiro atoms. The fourth-order valence-corrected chi connectivity index (χ4v) is 2.40. The Morgan fingerprint density at radius 3 is 2.58 bits per heavy atom. The van der Waals surface area contributed by atoms with Gasteiger partial charge in [0, 0.05) is 25.7 Å². The summed E-state index contributed by atoms with van der Waals surface area (Å²) < 4.78 is 7.22. The molecule has 1 heterocycles. The summed E-state index contributed by atoms with van der Waals surface area (Å²) in [5.41, 5.74) is 2.73. The first-order chi connectivity index (χ1) is 11.4. The van der Waals surface area contributed by atoms with E-state index >= 15 is 0 Å². The molecule has 1 aromatic carbocycles. The summed E-state index contributed by atoms with van der Waals surface area (Å²) in [7, 11) is 3.51. The van der Waals surface area contributed by atoms with Gasteiger partial charge in [0.2, 0.25) is 5.91 Å². The highest BCUT2D eigenvalue weighted by atomic mass is 35.5. The molecule has 2 aromatic rings. The SMILES string of the molecule is Cc1ccc(OCCN(C)C(=O)/C=C/c2c(C)nn(C)c2Cl)cc1. The van der Waals surface area contributed by atoms with Crippen molar-refractivity contribution in [3.63, 3.8) is 0 Å². The number of likely N-dealkylation sites (N-methyl/N-ethyl adjacent to an activating group) is 1. The van der Waals surface area contributed by atoms with Crippen LogP contribution in [0, 0.1) is 13.8 Å². The molecule has 2 rings (SSSR count). The zero-order valence-electron chi connectivity index (χ0n) is 14.4. The van der Waals surface area contributed by atoms with Crippen LogP contribution < -0.4 is 4.74 Å². The molecule has 0 unspecified atom stereocenters. The zero-order chi connectivity index (χ0) is 17.7. The van der Waals surface area contributed by atoms with Crippen LogP contribution in [0.5, 0.6) is 5.75 Å². The maximum atomic E-state index is 12.1. The fourth-order valence-electron chi connectivity index (χ4n) is 2.16. The molecule has 0 bridgehead atoms. The number of carbonyl (C=O) groups is 1. The third-order valence-electron chi connectivity index (χ3n) is 3.68. The van der Waals surface area contributed by atoms with E-state index in [1.54, 1.807) is 29.8 Å². The molecule has 0 aliphatic carbocycles. The fraction of sp³-hybridized carbons (Fsp3) is 0.333. The molecule has 0 atom stereocenters. The van der Waals surface area contributed by atoms with Crippen LogP contribution in [0.2, 0.25) is 5.15 Å². The second-order valence-corrected chi connectivity index (χ2v) is 6.03. The first kappa shape index (κ1) is 18.1. The topological polar surface area (TPSA) is 47.4 Å². The monoisotopic (exact) mass is 347 g/mol. The lowest BCUT2D eigenvalue weighted by molar-refractivity contribution is -0.125. The minimum Gasteiger partial charge on any atom is -0.492 e. The van der Waals surface area contributed by atoms with Crippen molar-refractivity contribution in [2.45, 2.75) is 13.8 Å². The van der Waals surface area contributed by atoms with E-state index in [0.717, 1.165) is 17.0 Å². The minimum absolute atomic E-state index is 0.109. The van der Waals surface area contributed by atoms with Gasteiger partial charge < -0.3 is 9.64 Å². The predicted molar refractivity (Wildman–Crippen MR) is 96.3 cm³/mol. The van der Waals surface area contributed by atoms with Gasteiger partial charge in [0.15, 0.2) is 0 Å². The average molecular weight is 348 g/mol. The van der Waals surface area contributed by atoms with Crippen molar-refractivity contribution in [1.82, 2.24) is 14.7 Å². The largest absolute Gasteiger partial charge is 0.492 e. The number of ether oxygens (including phenoxy) is 1. The van der Waals surface area contributed by atoms with E-state index in [2.05, 4.69) is 5.10 Å². The Kier molecular flexibility index (Phi) is 6.04. The molecule has 6 heteroatoms. The molecular weight excluding hydrogens is 326 g/mol. The molecule has 5 nitrogen and oxygen atoms in total. The Bertz CT molecular complexity index is 735. The van der Waals surface area contributed by atoms with Crippen molar-refractivity contribution in [1.29, 1.82) is 0 Å². The van der Waals surface area contributed by atoms with E-state index in [0.29, 0.717) is 18.3 Å². The number of hydrogen-bond donors (Lipinski definition) is 0. The van der Waals surface area contributed by atoms with Crippen LogP contribution in [0.15, 0.2) is 30.3 Å². The third-order valence-corrected chi connectivity index (χ3v) is 4.13. The van der Waals surface area contributed by atoms with Crippen molar-refractivity contribution in [2.75, 3.05) is 20.2 Å². The number of halogens is 1. The first-order valence-corrected chi connectivity index (χ1v) is 8.08. The van der Waals surface area contributed by atoms with Crippen molar-refractivity contribution >= 4 is 23.6 Å². The number of aromatic nitrogens is 2. The smallest absolute Gasteiger partial charge is 0.246 e. The summed E-state index contributed by atoms with van der Waals surface area (Å²) in [5.74, 6) is 0.691. The molecule has 0 N–H and O–H groups in total. The van der Waals surface area contributed by atoms with E-state index in [1.165, 1.54) is 11.6 Å². The second-order valence-electron chi connectivity index (χ2n) is 5.67. The number of aryl methyl sites for hydroxylation is 3. The lowest BCUT2D eigenvalue weighted by atomic mass is 10.2. The highest BCUT2D eigenvalue weighted by molar-refractivity contribution is 6.31. The van der Waals surface area contributed by atoms with Crippen LogP contribution in [0.1, 0.15) is 16.8 Å². The highest BCUT2D eigenvalue weighted by Crippen LogP contribution is 2.20. The molecule has 0 saturated heterocycles. The van der Waals surface area contributed by atoms with Gasteiger partial charge in [-0.15, -0.1) is 0 Å². The first-order valence-electron chi connectivity index (χ1n) is 7.70. The van der Waals surface area contributed by atoms with E-state index in [9.17, 15) is 4.79 Å². The molecule has 0 aliphatic rings. The number of nitrogens with zero attached hydrogens (tertiary/aromatic N) is 3. The summed E-state index contributed by atoms with van der Waals surface area (Å²) >= 11 is 6.14. The summed E-state index contributed by atoms with van der Waals surface area (Å²) in [6.45, 7) is 4.82. The number of rotatable bonds is 6. The van der Waals surface area contributed by atoms with Gasteiger partial charge in [0.05, 0.1) is 12.2 Å². The molecule has 0 fully saturated rings. The number of carbonyl (C=O) groups excluding carboxylic acids is 1. The quantitative estimate of drug-likeness (QED) is 0.754. The Hall–Kier alpha value is -2.27. The average Bonchev–Trinajstić information content (AvgIpc) is 2.79. The van der Waals surface area contributed by atoms with Gasteiger partial charge in [-0.25, -0.2) is 0 Å². The minimum atomic E-state index is -0.109.